The molecule has 1 aliphatic rings. The molecule has 0 N–H and O–H groups in total. The number of aromatic nitrogens is 2. The van der Waals surface area contributed by atoms with Gasteiger partial charge in [-0.1, -0.05) is 24.3 Å². The molecule has 2 amide bonds. The average Bonchev–Trinajstić information content (AvgIpc) is 2.78. The average molecular weight is 422 g/mol. The molecule has 0 spiro atoms. The molecular weight excluding hydrogens is 399 g/mol. The number of aryl methyl sites for hydroxylation is 2. The quantitative estimate of drug-likeness (QED) is 0.648. The molecule has 31 heavy (non-hydrogen) atoms. The summed E-state index contributed by atoms with van der Waals surface area (Å²) in [5.41, 5.74) is 1.17. The lowest BCUT2D eigenvalue weighted by Crippen LogP contribution is -2.51. The third-order valence-corrected chi connectivity index (χ3v) is 5.68. The van der Waals surface area contributed by atoms with Crippen LogP contribution in [0.1, 0.15) is 21.6 Å². The zero-order valence-corrected chi connectivity index (χ0v) is 17.5. The van der Waals surface area contributed by atoms with Crippen LogP contribution in [-0.2, 0) is 11.3 Å². The van der Waals surface area contributed by atoms with Crippen LogP contribution in [0.15, 0.2) is 47.3 Å². The van der Waals surface area contributed by atoms with Crippen molar-refractivity contribution in [2.45, 2.75) is 20.4 Å². The molecule has 0 atom stereocenters. The van der Waals surface area contributed by atoms with Crippen molar-refractivity contribution in [1.29, 1.82) is 0 Å². The summed E-state index contributed by atoms with van der Waals surface area (Å²) >= 11 is 0. The van der Waals surface area contributed by atoms with Gasteiger partial charge in [-0.05, 0) is 37.6 Å². The van der Waals surface area contributed by atoms with E-state index < -0.39 is 5.82 Å². The molecule has 2 aromatic carbocycles. The molecule has 3 aromatic rings. The molecule has 160 valence electrons. The maximum absolute atomic E-state index is 13.8. The van der Waals surface area contributed by atoms with Gasteiger partial charge < -0.3 is 9.80 Å². The van der Waals surface area contributed by atoms with Crippen LogP contribution in [0.2, 0.25) is 0 Å². The minimum absolute atomic E-state index is 0.151. The van der Waals surface area contributed by atoms with Crippen LogP contribution in [0.4, 0.5) is 4.39 Å². The number of carbonyl (C=O) groups is 2. The minimum atomic E-state index is -0.414. The summed E-state index contributed by atoms with van der Waals surface area (Å²) in [6.45, 7) is 4.69. The summed E-state index contributed by atoms with van der Waals surface area (Å²) in [5.74, 6) is -0.893. The van der Waals surface area contributed by atoms with E-state index in [1.807, 2.05) is 12.1 Å². The van der Waals surface area contributed by atoms with Gasteiger partial charge in [0.2, 0.25) is 5.91 Å². The number of benzene rings is 2. The summed E-state index contributed by atoms with van der Waals surface area (Å²) in [5, 5.41) is 5.60. The van der Waals surface area contributed by atoms with E-state index in [0.717, 1.165) is 5.39 Å². The molecule has 0 saturated carbocycles. The predicted octanol–water partition coefficient (Wildman–Crippen LogP) is 2.14. The highest BCUT2D eigenvalue weighted by Crippen LogP contribution is 2.14. The van der Waals surface area contributed by atoms with Gasteiger partial charge in [-0.15, -0.1) is 0 Å². The number of hydrogen-bond acceptors (Lipinski definition) is 4. The monoisotopic (exact) mass is 422 g/mol. The van der Waals surface area contributed by atoms with Gasteiger partial charge in [0.25, 0.3) is 11.5 Å². The standard InChI is InChI=1S/C23H23FN4O3/c1-15-7-8-17(13-20(15)24)22(30)27-11-9-26(10-12-27)21(29)14-28-23(31)19-6-4-3-5-18(19)16(2)25-28/h3-8,13H,9-12,14H2,1-2H3. The highest BCUT2D eigenvalue weighted by atomic mass is 19.1. The van der Waals surface area contributed by atoms with Crippen LogP contribution in [-0.4, -0.2) is 57.6 Å². The Morgan fingerprint density at radius 2 is 1.61 bits per heavy atom. The van der Waals surface area contributed by atoms with Gasteiger partial charge in [0.15, 0.2) is 0 Å². The van der Waals surface area contributed by atoms with Gasteiger partial charge in [0.05, 0.1) is 11.1 Å². The van der Waals surface area contributed by atoms with E-state index in [2.05, 4.69) is 5.10 Å². The molecule has 1 fully saturated rings. The topological polar surface area (TPSA) is 75.5 Å². The van der Waals surface area contributed by atoms with Crippen molar-refractivity contribution in [2.24, 2.45) is 0 Å². The molecular formula is C23H23FN4O3. The second-order valence-electron chi connectivity index (χ2n) is 7.73. The Labute approximate surface area is 178 Å². The second kappa shape index (κ2) is 8.29. The SMILES string of the molecule is Cc1ccc(C(=O)N2CCN(C(=O)Cn3nc(C)c4ccccc4c3=O)CC2)cc1F. The number of hydrogen-bond donors (Lipinski definition) is 0. The first kappa shape index (κ1) is 20.7. The fraction of sp³-hybridized carbons (Fsp3) is 0.304. The molecule has 0 aliphatic carbocycles. The van der Waals surface area contributed by atoms with Crippen molar-refractivity contribution in [1.82, 2.24) is 19.6 Å². The maximum atomic E-state index is 13.8. The summed E-state index contributed by atoms with van der Waals surface area (Å²) in [4.78, 5) is 41.3. The number of rotatable bonds is 3. The lowest BCUT2D eigenvalue weighted by Gasteiger charge is -2.35. The molecule has 7 nitrogen and oxygen atoms in total. The number of amides is 2. The molecule has 8 heteroatoms. The van der Waals surface area contributed by atoms with E-state index in [1.54, 1.807) is 47.9 Å². The normalized spacial score (nSPS) is 14.2. The Morgan fingerprint density at radius 1 is 0.968 bits per heavy atom. The third-order valence-electron chi connectivity index (χ3n) is 5.68. The summed E-state index contributed by atoms with van der Waals surface area (Å²) in [6, 6.07) is 11.6. The Kier molecular flexibility index (Phi) is 5.54. The highest BCUT2D eigenvalue weighted by Gasteiger charge is 2.26. The zero-order chi connectivity index (χ0) is 22.1. The van der Waals surface area contributed by atoms with E-state index in [-0.39, 0.29) is 23.9 Å². The van der Waals surface area contributed by atoms with E-state index in [0.29, 0.717) is 48.4 Å². The first-order chi connectivity index (χ1) is 14.8. The molecule has 0 bridgehead atoms. The van der Waals surface area contributed by atoms with Crippen LogP contribution in [0.5, 0.6) is 0 Å². The summed E-state index contributed by atoms with van der Waals surface area (Å²) < 4.78 is 15.0. The van der Waals surface area contributed by atoms with E-state index in [4.69, 9.17) is 0 Å². The summed E-state index contributed by atoms with van der Waals surface area (Å²) in [6.07, 6.45) is 0. The molecule has 0 radical (unpaired) electrons. The van der Waals surface area contributed by atoms with Crippen molar-refractivity contribution in [3.63, 3.8) is 0 Å². The number of halogens is 1. The van der Waals surface area contributed by atoms with Gasteiger partial charge >= 0.3 is 0 Å². The van der Waals surface area contributed by atoms with Crippen molar-refractivity contribution in [3.05, 3.63) is 75.5 Å². The Bertz CT molecular complexity index is 1230. The fourth-order valence-corrected chi connectivity index (χ4v) is 3.81. The fourth-order valence-electron chi connectivity index (χ4n) is 3.81. The Balaban J connectivity index is 1.42. The van der Waals surface area contributed by atoms with Gasteiger partial charge in [-0.25, -0.2) is 9.07 Å². The number of fused-ring (bicyclic) bond motifs is 1. The minimum Gasteiger partial charge on any atom is -0.338 e. The summed E-state index contributed by atoms with van der Waals surface area (Å²) in [7, 11) is 0. The van der Waals surface area contributed by atoms with Crippen LogP contribution < -0.4 is 5.56 Å². The molecule has 0 unspecified atom stereocenters. The smallest absolute Gasteiger partial charge is 0.275 e. The first-order valence-corrected chi connectivity index (χ1v) is 10.1. The highest BCUT2D eigenvalue weighted by molar-refractivity contribution is 5.94. The predicted molar refractivity (Wildman–Crippen MR) is 114 cm³/mol. The largest absolute Gasteiger partial charge is 0.338 e. The van der Waals surface area contributed by atoms with Crippen LogP contribution in [0, 0.1) is 19.7 Å². The van der Waals surface area contributed by atoms with Crippen LogP contribution >= 0.6 is 0 Å². The van der Waals surface area contributed by atoms with E-state index in [1.165, 1.54) is 10.7 Å². The van der Waals surface area contributed by atoms with Crippen molar-refractivity contribution in [2.75, 3.05) is 26.2 Å². The molecule has 1 aromatic heterocycles. The lowest BCUT2D eigenvalue weighted by atomic mass is 10.1. The third kappa shape index (κ3) is 4.05. The van der Waals surface area contributed by atoms with Gasteiger partial charge in [0, 0.05) is 37.1 Å². The van der Waals surface area contributed by atoms with Crippen molar-refractivity contribution < 1.29 is 14.0 Å². The van der Waals surface area contributed by atoms with Gasteiger partial charge in [-0.3, -0.25) is 14.4 Å². The van der Waals surface area contributed by atoms with E-state index in [9.17, 15) is 18.8 Å². The van der Waals surface area contributed by atoms with Crippen LogP contribution in [0.3, 0.4) is 0 Å². The van der Waals surface area contributed by atoms with Gasteiger partial charge in [-0.2, -0.15) is 5.10 Å². The maximum Gasteiger partial charge on any atom is 0.275 e. The molecule has 1 saturated heterocycles. The lowest BCUT2D eigenvalue weighted by molar-refractivity contribution is -0.133. The zero-order valence-electron chi connectivity index (χ0n) is 17.5. The Morgan fingerprint density at radius 3 is 2.29 bits per heavy atom. The Hall–Kier alpha value is -3.55. The number of piperazine rings is 1. The number of carbonyl (C=O) groups excluding carboxylic acids is 2. The van der Waals surface area contributed by atoms with Gasteiger partial charge in [0.1, 0.15) is 12.4 Å². The van der Waals surface area contributed by atoms with E-state index >= 15 is 0 Å². The first-order valence-electron chi connectivity index (χ1n) is 10.1. The molecule has 1 aliphatic heterocycles. The second-order valence-corrected chi connectivity index (χ2v) is 7.73. The molecule has 4 rings (SSSR count). The van der Waals surface area contributed by atoms with Crippen LogP contribution in [0.25, 0.3) is 10.8 Å². The molecule has 2 heterocycles. The van der Waals surface area contributed by atoms with Crippen molar-refractivity contribution in [3.8, 4) is 0 Å². The number of nitrogens with zero attached hydrogens (tertiary/aromatic N) is 4. The van der Waals surface area contributed by atoms with Crippen molar-refractivity contribution >= 4 is 22.6 Å².